The Hall–Kier alpha value is -3.06. The summed E-state index contributed by atoms with van der Waals surface area (Å²) >= 11 is 0. The summed E-state index contributed by atoms with van der Waals surface area (Å²) in [6.07, 6.45) is 5.51. The van der Waals surface area contributed by atoms with Gasteiger partial charge < -0.3 is 14.2 Å². The molecule has 2 heterocycles. The first-order valence-electron chi connectivity index (χ1n) is 13.2. The van der Waals surface area contributed by atoms with Gasteiger partial charge in [-0.2, -0.15) is 18.4 Å². The monoisotopic (exact) mass is 519 g/mol. The van der Waals surface area contributed by atoms with Gasteiger partial charge in [-0.25, -0.2) is 0 Å². The first-order valence-corrected chi connectivity index (χ1v) is 14.7. The van der Waals surface area contributed by atoms with Gasteiger partial charge in [0.15, 0.2) is 0 Å². The van der Waals surface area contributed by atoms with E-state index in [1.54, 1.807) is 12.1 Å². The molecule has 6 rings (SSSR count). The molecule has 2 aliphatic carbocycles. The molecule has 1 aliphatic heterocycles. The Morgan fingerprint density at radius 3 is 2.41 bits per heavy atom. The molecular formula is C28H33N5O3S. The number of fused-ring (bicyclic) bond motifs is 1. The van der Waals surface area contributed by atoms with Crippen LogP contribution in [0.3, 0.4) is 0 Å². The lowest BCUT2D eigenvalue weighted by Gasteiger charge is -2.31. The van der Waals surface area contributed by atoms with Gasteiger partial charge in [-0.15, -0.1) is 0 Å². The van der Waals surface area contributed by atoms with E-state index in [1.807, 2.05) is 19.1 Å². The SMILES string of the molecule is C[C@H](NS(=O)(=O)Nc1ccc(-c2c(C#N)c3ccc(N4CCOCC4)cc3n2C2CCC2)cc1)C1CC1. The van der Waals surface area contributed by atoms with Crippen LogP contribution in [0.2, 0.25) is 0 Å². The van der Waals surface area contributed by atoms with Crippen molar-refractivity contribution in [3.05, 3.63) is 48.0 Å². The smallest absolute Gasteiger partial charge is 0.299 e. The Balaban J connectivity index is 1.35. The number of rotatable bonds is 8. The number of benzene rings is 2. The lowest BCUT2D eigenvalue weighted by molar-refractivity contribution is 0.122. The predicted molar refractivity (Wildman–Crippen MR) is 146 cm³/mol. The molecule has 1 aromatic heterocycles. The normalized spacial score (nSPS) is 19.4. The van der Waals surface area contributed by atoms with Gasteiger partial charge in [0.05, 0.1) is 30.0 Å². The Morgan fingerprint density at radius 1 is 1.05 bits per heavy atom. The summed E-state index contributed by atoms with van der Waals surface area (Å²) in [5, 5.41) is 11.2. The summed E-state index contributed by atoms with van der Waals surface area (Å²) in [5.41, 5.74) is 5.24. The number of hydrogen-bond donors (Lipinski definition) is 2. The van der Waals surface area contributed by atoms with E-state index in [4.69, 9.17) is 4.74 Å². The molecule has 3 aromatic rings. The predicted octanol–water partition coefficient (Wildman–Crippen LogP) is 4.79. The third-order valence-corrected chi connectivity index (χ3v) is 9.18. The molecule has 0 amide bonds. The molecular weight excluding hydrogens is 486 g/mol. The largest absolute Gasteiger partial charge is 0.378 e. The van der Waals surface area contributed by atoms with Crippen molar-refractivity contribution in [2.45, 2.75) is 51.1 Å². The van der Waals surface area contributed by atoms with Crippen LogP contribution in [-0.2, 0) is 14.9 Å². The summed E-state index contributed by atoms with van der Waals surface area (Å²) in [5.74, 6) is 0.431. The number of ether oxygens (including phenoxy) is 1. The van der Waals surface area contributed by atoms with Gasteiger partial charge in [-0.1, -0.05) is 12.1 Å². The van der Waals surface area contributed by atoms with Crippen molar-refractivity contribution < 1.29 is 13.2 Å². The summed E-state index contributed by atoms with van der Waals surface area (Å²) in [6.45, 7) is 5.08. The highest BCUT2D eigenvalue weighted by Crippen LogP contribution is 2.43. The van der Waals surface area contributed by atoms with E-state index in [-0.39, 0.29) is 6.04 Å². The zero-order valence-electron chi connectivity index (χ0n) is 21.1. The fraction of sp³-hybridized carbons (Fsp3) is 0.464. The Kier molecular flexibility index (Phi) is 6.35. The zero-order valence-corrected chi connectivity index (χ0v) is 21.9. The molecule has 0 bridgehead atoms. The van der Waals surface area contributed by atoms with Gasteiger partial charge >= 0.3 is 0 Å². The summed E-state index contributed by atoms with van der Waals surface area (Å²) in [6, 6.07) is 16.5. The van der Waals surface area contributed by atoms with Gasteiger partial charge in [0, 0.05) is 41.9 Å². The Morgan fingerprint density at radius 2 is 1.78 bits per heavy atom. The van der Waals surface area contributed by atoms with Gasteiger partial charge in [-0.05, 0) is 80.8 Å². The van der Waals surface area contributed by atoms with Crippen LogP contribution in [-0.4, -0.2) is 45.3 Å². The first kappa shape index (κ1) is 24.3. The maximum atomic E-state index is 12.6. The molecule has 3 fully saturated rings. The van der Waals surface area contributed by atoms with E-state index in [0.717, 1.165) is 79.8 Å². The molecule has 194 valence electrons. The molecule has 37 heavy (non-hydrogen) atoms. The van der Waals surface area contributed by atoms with Crippen molar-refractivity contribution >= 4 is 32.5 Å². The van der Waals surface area contributed by atoms with Crippen LogP contribution in [0.15, 0.2) is 42.5 Å². The van der Waals surface area contributed by atoms with Crippen molar-refractivity contribution in [3.63, 3.8) is 0 Å². The molecule has 2 N–H and O–H groups in total. The van der Waals surface area contributed by atoms with E-state index in [1.165, 1.54) is 6.42 Å². The number of nitriles is 1. The number of nitrogens with zero attached hydrogens (tertiary/aromatic N) is 3. The Bertz CT molecular complexity index is 1440. The molecule has 2 saturated carbocycles. The van der Waals surface area contributed by atoms with Gasteiger partial charge in [0.1, 0.15) is 6.07 Å². The third kappa shape index (κ3) is 4.81. The fourth-order valence-corrected chi connectivity index (χ4v) is 6.74. The second-order valence-electron chi connectivity index (χ2n) is 10.5. The van der Waals surface area contributed by atoms with Crippen molar-refractivity contribution in [1.82, 2.24) is 9.29 Å². The Labute approximate surface area is 218 Å². The molecule has 1 atom stereocenters. The van der Waals surface area contributed by atoms with Crippen molar-refractivity contribution in [2.24, 2.45) is 5.92 Å². The van der Waals surface area contributed by atoms with Crippen LogP contribution < -0.4 is 14.3 Å². The highest BCUT2D eigenvalue weighted by Gasteiger charge is 2.31. The molecule has 8 nitrogen and oxygen atoms in total. The lowest BCUT2D eigenvalue weighted by Crippen LogP contribution is -2.38. The second-order valence-corrected chi connectivity index (χ2v) is 12.0. The maximum Gasteiger partial charge on any atom is 0.299 e. The average molecular weight is 520 g/mol. The van der Waals surface area contributed by atoms with Crippen molar-refractivity contribution in [3.8, 4) is 17.3 Å². The fourth-order valence-electron chi connectivity index (χ4n) is 5.56. The number of hydrogen-bond acceptors (Lipinski definition) is 5. The number of nitrogens with one attached hydrogen (secondary N) is 2. The van der Waals surface area contributed by atoms with Gasteiger partial charge in [-0.3, -0.25) is 4.72 Å². The topological polar surface area (TPSA) is 99.4 Å². The minimum Gasteiger partial charge on any atom is -0.378 e. The van der Waals surface area contributed by atoms with Crippen LogP contribution in [0.4, 0.5) is 11.4 Å². The number of aromatic nitrogens is 1. The van der Waals surface area contributed by atoms with Gasteiger partial charge in [0.25, 0.3) is 10.2 Å². The van der Waals surface area contributed by atoms with E-state index in [2.05, 4.69) is 43.2 Å². The maximum absolute atomic E-state index is 12.6. The summed E-state index contributed by atoms with van der Waals surface area (Å²) in [4.78, 5) is 2.34. The number of anilines is 2. The van der Waals surface area contributed by atoms with Crippen LogP contribution in [0.1, 0.15) is 50.6 Å². The molecule has 9 heteroatoms. The van der Waals surface area contributed by atoms with E-state index < -0.39 is 10.2 Å². The standard InChI is InChI=1S/C28H33N5O3S/c1-19(20-5-6-20)30-37(34,35)31-22-9-7-21(8-10-22)28-26(18-29)25-12-11-24(32-13-15-36-16-14-32)17-27(25)33(28)23-3-2-4-23/h7-12,17,19-20,23,30-31H,2-6,13-16H2,1H3/t19-/m0/s1. The molecule has 0 radical (unpaired) electrons. The lowest BCUT2D eigenvalue weighted by atomic mass is 9.92. The van der Waals surface area contributed by atoms with E-state index >= 15 is 0 Å². The van der Waals surface area contributed by atoms with Crippen LogP contribution in [0.5, 0.6) is 0 Å². The molecule has 0 spiro atoms. The minimum atomic E-state index is -3.65. The average Bonchev–Trinajstić information content (AvgIpc) is 3.67. The highest BCUT2D eigenvalue weighted by atomic mass is 32.2. The highest BCUT2D eigenvalue weighted by molar-refractivity contribution is 7.90. The zero-order chi connectivity index (χ0) is 25.6. The van der Waals surface area contributed by atoms with Crippen molar-refractivity contribution in [1.29, 1.82) is 5.26 Å². The second kappa shape index (κ2) is 9.67. The van der Waals surface area contributed by atoms with Gasteiger partial charge in [0.2, 0.25) is 0 Å². The van der Waals surface area contributed by atoms with E-state index in [0.29, 0.717) is 23.2 Å². The quantitative estimate of drug-likeness (QED) is 0.446. The van der Waals surface area contributed by atoms with Crippen molar-refractivity contribution in [2.75, 3.05) is 35.9 Å². The minimum absolute atomic E-state index is 0.0736. The third-order valence-electron chi connectivity index (χ3n) is 8.00. The van der Waals surface area contributed by atoms with Crippen LogP contribution in [0, 0.1) is 17.2 Å². The van der Waals surface area contributed by atoms with Crippen LogP contribution in [0.25, 0.3) is 22.2 Å². The van der Waals surface area contributed by atoms with Crippen LogP contribution >= 0.6 is 0 Å². The number of morpholine rings is 1. The molecule has 1 saturated heterocycles. The molecule has 2 aromatic carbocycles. The molecule has 0 unspecified atom stereocenters. The first-order chi connectivity index (χ1) is 17.9. The summed E-state index contributed by atoms with van der Waals surface area (Å²) in [7, 11) is -3.65. The molecule has 3 aliphatic rings. The van der Waals surface area contributed by atoms with E-state index in [9.17, 15) is 13.7 Å². The summed E-state index contributed by atoms with van der Waals surface area (Å²) < 4.78 is 38.4.